The van der Waals surface area contributed by atoms with Crippen LogP contribution < -0.4 is 0 Å². The summed E-state index contributed by atoms with van der Waals surface area (Å²) in [6, 6.07) is 18.7. The number of aliphatic imine (C=N–C) groups is 1. The summed E-state index contributed by atoms with van der Waals surface area (Å²) in [6.45, 7) is 0.0501. The van der Waals surface area contributed by atoms with Gasteiger partial charge in [-0.15, -0.1) is 0 Å². The highest BCUT2D eigenvalue weighted by atomic mass is 16.5. The minimum atomic E-state index is -0.504. The zero-order valence-electron chi connectivity index (χ0n) is 10.8. The third-order valence-electron chi connectivity index (χ3n) is 2.37. The van der Waals surface area contributed by atoms with Crippen LogP contribution in [0.1, 0.15) is 5.56 Å². The molecule has 0 saturated heterocycles. The largest absolute Gasteiger partial charge is 0.448 e. The van der Waals surface area contributed by atoms with Crippen molar-refractivity contribution in [3.8, 4) is 11.8 Å². The van der Waals surface area contributed by atoms with Gasteiger partial charge in [0.15, 0.2) is 6.61 Å². The molecule has 0 aliphatic heterocycles. The van der Waals surface area contributed by atoms with Crippen LogP contribution in [0.2, 0.25) is 0 Å². The first-order valence-corrected chi connectivity index (χ1v) is 6.14. The minimum absolute atomic E-state index is 0.0501. The first-order valence-electron chi connectivity index (χ1n) is 6.14. The first-order chi connectivity index (χ1) is 9.84. The number of hydrogen-bond donors (Lipinski definition) is 0. The number of carbonyl (C=O) groups excluding carboxylic acids is 1. The van der Waals surface area contributed by atoms with Crippen molar-refractivity contribution < 1.29 is 9.53 Å². The maximum Gasteiger partial charge on any atom is 0.350 e. The average molecular weight is 263 g/mol. The fourth-order valence-corrected chi connectivity index (χ4v) is 1.45. The molecule has 0 heterocycles. The Kier molecular flexibility index (Phi) is 5.12. The molecule has 2 rings (SSSR count). The molecular weight excluding hydrogens is 250 g/mol. The summed E-state index contributed by atoms with van der Waals surface area (Å²) in [7, 11) is 0. The average Bonchev–Trinajstić information content (AvgIpc) is 2.52. The summed E-state index contributed by atoms with van der Waals surface area (Å²) in [4.78, 5) is 15.4. The lowest BCUT2D eigenvalue weighted by Crippen LogP contribution is -2.05. The maximum atomic E-state index is 11.4. The summed E-state index contributed by atoms with van der Waals surface area (Å²) in [6.07, 6.45) is 1.15. The van der Waals surface area contributed by atoms with E-state index in [9.17, 15) is 4.79 Å². The van der Waals surface area contributed by atoms with Gasteiger partial charge in [0.2, 0.25) is 0 Å². The van der Waals surface area contributed by atoms with E-state index in [1.54, 1.807) is 12.1 Å². The third kappa shape index (κ3) is 4.79. The minimum Gasteiger partial charge on any atom is -0.448 e. The van der Waals surface area contributed by atoms with Crippen molar-refractivity contribution >= 4 is 17.9 Å². The molecule has 2 aromatic carbocycles. The number of nitrogens with zero attached hydrogens (tertiary/aromatic N) is 1. The van der Waals surface area contributed by atoms with E-state index in [-0.39, 0.29) is 6.61 Å². The zero-order valence-corrected chi connectivity index (χ0v) is 10.8. The Morgan fingerprint density at radius 2 is 1.70 bits per heavy atom. The quantitative estimate of drug-likeness (QED) is 0.485. The molecule has 20 heavy (non-hydrogen) atoms. The standard InChI is InChI=1S/C17H13NO2/c19-17(14-18-16-11-5-2-6-12-16)20-13-7-10-15-8-3-1-4-9-15/h1-6,8-9,11-12,14H,13H2. The van der Waals surface area contributed by atoms with Crippen LogP contribution in [-0.4, -0.2) is 18.8 Å². The van der Waals surface area contributed by atoms with Crippen molar-refractivity contribution in [2.24, 2.45) is 4.99 Å². The van der Waals surface area contributed by atoms with Crippen molar-refractivity contribution in [2.75, 3.05) is 6.61 Å². The van der Waals surface area contributed by atoms with Crippen LogP contribution in [0.15, 0.2) is 65.7 Å². The van der Waals surface area contributed by atoms with Crippen LogP contribution in [-0.2, 0) is 9.53 Å². The molecule has 3 nitrogen and oxygen atoms in total. The lowest BCUT2D eigenvalue weighted by molar-refractivity contribution is -0.133. The molecule has 0 saturated carbocycles. The van der Waals surface area contributed by atoms with Crippen molar-refractivity contribution in [2.45, 2.75) is 0 Å². The predicted octanol–water partition coefficient (Wildman–Crippen LogP) is 2.98. The topological polar surface area (TPSA) is 38.7 Å². The van der Waals surface area contributed by atoms with Gasteiger partial charge in [-0.05, 0) is 24.3 Å². The second-order valence-corrected chi connectivity index (χ2v) is 3.87. The van der Waals surface area contributed by atoms with E-state index >= 15 is 0 Å². The van der Waals surface area contributed by atoms with Gasteiger partial charge < -0.3 is 4.74 Å². The smallest absolute Gasteiger partial charge is 0.350 e. The van der Waals surface area contributed by atoms with Crippen molar-refractivity contribution in [3.63, 3.8) is 0 Å². The molecule has 2 aromatic rings. The fraction of sp³-hybridized carbons (Fsp3) is 0.0588. The highest BCUT2D eigenvalue weighted by Crippen LogP contribution is 2.08. The van der Waals surface area contributed by atoms with E-state index in [4.69, 9.17) is 4.74 Å². The SMILES string of the molecule is O=C(C=Nc1ccccc1)OCC#Cc1ccccc1. The number of rotatable bonds is 3. The summed E-state index contributed by atoms with van der Waals surface area (Å²) < 4.78 is 4.92. The van der Waals surface area contributed by atoms with Crippen molar-refractivity contribution in [1.82, 2.24) is 0 Å². The Morgan fingerprint density at radius 1 is 1.05 bits per heavy atom. The maximum absolute atomic E-state index is 11.4. The molecule has 3 heteroatoms. The molecule has 0 aliphatic carbocycles. The van der Waals surface area contributed by atoms with E-state index in [1.165, 1.54) is 0 Å². The van der Waals surface area contributed by atoms with Crippen LogP contribution >= 0.6 is 0 Å². The zero-order chi connectivity index (χ0) is 14.0. The molecule has 0 fully saturated rings. The van der Waals surface area contributed by atoms with Gasteiger partial charge >= 0.3 is 5.97 Å². The molecule has 0 spiro atoms. The normalized spacial score (nSPS) is 9.80. The number of benzene rings is 2. The van der Waals surface area contributed by atoms with Gasteiger partial charge in [0.1, 0.15) is 6.21 Å². The monoisotopic (exact) mass is 263 g/mol. The molecule has 0 radical (unpaired) electrons. The van der Waals surface area contributed by atoms with E-state index in [2.05, 4.69) is 16.8 Å². The molecule has 0 amide bonds. The molecule has 98 valence electrons. The molecule has 0 bridgehead atoms. The van der Waals surface area contributed by atoms with E-state index in [1.807, 2.05) is 48.5 Å². The van der Waals surface area contributed by atoms with Gasteiger partial charge in [0.25, 0.3) is 0 Å². The van der Waals surface area contributed by atoms with Crippen LogP contribution in [0.3, 0.4) is 0 Å². The number of para-hydroxylation sites is 1. The molecule has 0 aromatic heterocycles. The highest BCUT2D eigenvalue weighted by molar-refractivity contribution is 6.23. The van der Waals surface area contributed by atoms with Gasteiger partial charge in [-0.3, -0.25) is 0 Å². The molecule has 0 aliphatic rings. The van der Waals surface area contributed by atoms with Gasteiger partial charge in [-0.2, -0.15) is 0 Å². The van der Waals surface area contributed by atoms with E-state index < -0.39 is 5.97 Å². The lowest BCUT2D eigenvalue weighted by Gasteiger charge is -1.94. The number of carbonyl (C=O) groups is 1. The van der Waals surface area contributed by atoms with E-state index in [0.29, 0.717) is 5.69 Å². The second-order valence-electron chi connectivity index (χ2n) is 3.87. The lowest BCUT2D eigenvalue weighted by atomic mass is 10.2. The summed E-state index contributed by atoms with van der Waals surface area (Å²) in [5.41, 5.74) is 1.60. The number of ether oxygens (including phenoxy) is 1. The van der Waals surface area contributed by atoms with Crippen LogP contribution in [0.4, 0.5) is 5.69 Å². The van der Waals surface area contributed by atoms with Gasteiger partial charge in [-0.1, -0.05) is 48.2 Å². The van der Waals surface area contributed by atoms with Crippen LogP contribution in [0.25, 0.3) is 0 Å². The molecule has 0 unspecified atom stereocenters. The van der Waals surface area contributed by atoms with E-state index in [0.717, 1.165) is 11.8 Å². The highest BCUT2D eigenvalue weighted by Gasteiger charge is 1.95. The summed E-state index contributed by atoms with van der Waals surface area (Å²) in [5.74, 6) is 5.17. The Balaban J connectivity index is 1.79. The van der Waals surface area contributed by atoms with Gasteiger partial charge in [0.05, 0.1) is 5.69 Å². The van der Waals surface area contributed by atoms with Crippen molar-refractivity contribution in [1.29, 1.82) is 0 Å². The Hall–Kier alpha value is -2.86. The Morgan fingerprint density at radius 3 is 2.40 bits per heavy atom. The first kappa shape index (κ1) is 13.6. The predicted molar refractivity (Wildman–Crippen MR) is 78.9 cm³/mol. The number of esters is 1. The van der Waals surface area contributed by atoms with Gasteiger partial charge in [-0.25, -0.2) is 9.79 Å². The van der Waals surface area contributed by atoms with Crippen LogP contribution in [0.5, 0.6) is 0 Å². The van der Waals surface area contributed by atoms with Gasteiger partial charge in [0, 0.05) is 5.56 Å². The number of hydrogen-bond acceptors (Lipinski definition) is 3. The summed E-state index contributed by atoms with van der Waals surface area (Å²) in [5, 5.41) is 0. The molecule has 0 atom stereocenters. The Labute approximate surface area is 117 Å². The van der Waals surface area contributed by atoms with Crippen molar-refractivity contribution in [3.05, 3.63) is 66.2 Å². The second kappa shape index (κ2) is 7.55. The Bertz CT molecular complexity index is 637. The third-order valence-corrected chi connectivity index (χ3v) is 2.37. The fourth-order valence-electron chi connectivity index (χ4n) is 1.45. The summed E-state index contributed by atoms with van der Waals surface area (Å²) >= 11 is 0. The molecule has 0 N–H and O–H groups in total. The molecular formula is C17H13NO2. The van der Waals surface area contributed by atoms with Crippen LogP contribution in [0, 0.1) is 11.8 Å².